The van der Waals surface area contributed by atoms with E-state index in [9.17, 15) is 9.59 Å². The fourth-order valence-electron chi connectivity index (χ4n) is 3.56. The standard InChI is InChI=1S/C20H26N4O3.ClH/c1-15-4-6-16(7-5-15)17(18(25)27-2)14-22-19(26)20(8-11-21-12-9-20)24-13-3-10-23-24;/h3-7,10,13,17,21H,8-9,11-12,14H2,1-2H3,(H,22,26);1H. The quantitative estimate of drug-likeness (QED) is 0.714. The highest BCUT2D eigenvalue weighted by atomic mass is 35.5. The molecule has 1 fully saturated rings. The van der Waals surface area contributed by atoms with Crippen molar-refractivity contribution in [1.82, 2.24) is 20.4 Å². The number of carbonyl (C=O) groups excluding carboxylic acids is 2. The molecule has 1 atom stereocenters. The van der Waals surface area contributed by atoms with Crippen LogP contribution in [0.1, 0.15) is 29.9 Å². The average molecular weight is 407 g/mol. The number of rotatable bonds is 6. The van der Waals surface area contributed by atoms with Gasteiger partial charge in [-0.1, -0.05) is 29.8 Å². The van der Waals surface area contributed by atoms with Gasteiger partial charge in [-0.05, 0) is 44.5 Å². The van der Waals surface area contributed by atoms with Crippen molar-refractivity contribution in [2.24, 2.45) is 0 Å². The van der Waals surface area contributed by atoms with Crippen molar-refractivity contribution >= 4 is 24.3 Å². The van der Waals surface area contributed by atoms with Crippen molar-refractivity contribution in [2.45, 2.75) is 31.2 Å². The Labute approximate surface area is 171 Å². The van der Waals surface area contributed by atoms with Gasteiger partial charge in [0.15, 0.2) is 0 Å². The molecule has 1 aliphatic heterocycles. The van der Waals surface area contributed by atoms with Crippen molar-refractivity contribution in [1.29, 1.82) is 0 Å². The monoisotopic (exact) mass is 406 g/mol. The van der Waals surface area contributed by atoms with Crippen LogP contribution in [0.25, 0.3) is 0 Å². The van der Waals surface area contributed by atoms with E-state index in [4.69, 9.17) is 4.74 Å². The molecule has 1 saturated heterocycles. The number of benzene rings is 1. The Hall–Kier alpha value is -2.38. The maximum absolute atomic E-state index is 13.2. The first-order valence-corrected chi connectivity index (χ1v) is 9.20. The van der Waals surface area contributed by atoms with Gasteiger partial charge < -0.3 is 15.4 Å². The minimum Gasteiger partial charge on any atom is -0.468 e. The Morgan fingerprint density at radius 3 is 2.54 bits per heavy atom. The molecule has 1 unspecified atom stereocenters. The topological polar surface area (TPSA) is 85.2 Å². The third-order valence-electron chi connectivity index (χ3n) is 5.23. The summed E-state index contributed by atoms with van der Waals surface area (Å²) in [5.74, 6) is -1.03. The molecule has 3 rings (SSSR count). The van der Waals surface area contributed by atoms with Crippen LogP contribution in [0.15, 0.2) is 42.7 Å². The number of carbonyl (C=O) groups is 2. The Morgan fingerprint density at radius 2 is 1.96 bits per heavy atom. The Balaban J connectivity index is 0.00000280. The smallest absolute Gasteiger partial charge is 0.314 e. The molecule has 7 nitrogen and oxygen atoms in total. The summed E-state index contributed by atoms with van der Waals surface area (Å²) in [4.78, 5) is 25.5. The number of aromatic nitrogens is 2. The third kappa shape index (κ3) is 4.54. The lowest BCUT2D eigenvalue weighted by molar-refractivity contribution is -0.142. The zero-order valence-corrected chi connectivity index (χ0v) is 17.0. The van der Waals surface area contributed by atoms with E-state index in [1.807, 2.05) is 43.5 Å². The number of amides is 1. The minimum absolute atomic E-state index is 0. The van der Waals surface area contributed by atoms with Crippen molar-refractivity contribution < 1.29 is 14.3 Å². The van der Waals surface area contributed by atoms with Crippen LogP contribution in [0.4, 0.5) is 0 Å². The second-order valence-electron chi connectivity index (χ2n) is 6.93. The summed E-state index contributed by atoms with van der Waals surface area (Å²) in [5, 5.41) is 10.6. The number of nitrogens with one attached hydrogen (secondary N) is 2. The van der Waals surface area contributed by atoms with Gasteiger partial charge in [-0.15, -0.1) is 12.4 Å². The average Bonchev–Trinajstić information content (AvgIpc) is 3.25. The molecule has 0 radical (unpaired) electrons. The van der Waals surface area contributed by atoms with E-state index in [0.717, 1.165) is 24.2 Å². The molecule has 2 aromatic rings. The number of methoxy groups -OCH3 is 1. The summed E-state index contributed by atoms with van der Waals surface area (Å²) in [6.07, 6.45) is 4.80. The number of hydrogen-bond acceptors (Lipinski definition) is 5. The van der Waals surface area contributed by atoms with Crippen molar-refractivity contribution in [3.8, 4) is 0 Å². The molecule has 1 aromatic heterocycles. The fraction of sp³-hybridized carbons (Fsp3) is 0.450. The second-order valence-corrected chi connectivity index (χ2v) is 6.93. The first kappa shape index (κ1) is 21.9. The predicted molar refractivity (Wildman–Crippen MR) is 108 cm³/mol. The normalized spacial score (nSPS) is 16.5. The van der Waals surface area contributed by atoms with Gasteiger partial charge in [0.25, 0.3) is 0 Å². The Kier molecular flexibility index (Phi) is 7.60. The van der Waals surface area contributed by atoms with E-state index in [1.165, 1.54) is 7.11 Å². The molecule has 1 aromatic carbocycles. The van der Waals surface area contributed by atoms with E-state index in [0.29, 0.717) is 12.8 Å². The van der Waals surface area contributed by atoms with Gasteiger partial charge in [0.05, 0.1) is 13.0 Å². The molecule has 8 heteroatoms. The summed E-state index contributed by atoms with van der Waals surface area (Å²) in [6, 6.07) is 9.52. The number of esters is 1. The fourth-order valence-corrected chi connectivity index (χ4v) is 3.56. The largest absolute Gasteiger partial charge is 0.468 e. The number of hydrogen-bond donors (Lipinski definition) is 2. The summed E-state index contributed by atoms with van der Waals surface area (Å²) in [7, 11) is 1.36. The molecule has 0 spiro atoms. The van der Waals surface area contributed by atoms with Gasteiger partial charge >= 0.3 is 5.97 Å². The van der Waals surface area contributed by atoms with Gasteiger partial charge in [0.2, 0.25) is 5.91 Å². The van der Waals surface area contributed by atoms with Crippen LogP contribution < -0.4 is 10.6 Å². The molecular weight excluding hydrogens is 380 g/mol. The Bertz CT molecular complexity index is 771. The highest BCUT2D eigenvalue weighted by molar-refractivity contribution is 5.86. The van der Waals surface area contributed by atoms with Crippen LogP contribution in [-0.2, 0) is 19.9 Å². The second kappa shape index (κ2) is 9.71. The maximum Gasteiger partial charge on any atom is 0.314 e. The lowest BCUT2D eigenvalue weighted by atomic mass is 9.87. The zero-order chi connectivity index (χ0) is 19.3. The lowest BCUT2D eigenvalue weighted by Gasteiger charge is -2.36. The zero-order valence-electron chi connectivity index (χ0n) is 16.2. The molecule has 0 aliphatic carbocycles. The van der Waals surface area contributed by atoms with Crippen molar-refractivity contribution in [3.05, 3.63) is 53.9 Å². The summed E-state index contributed by atoms with van der Waals surface area (Å²) < 4.78 is 6.69. The van der Waals surface area contributed by atoms with Crippen LogP contribution >= 0.6 is 12.4 Å². The molecule has 1 amide bonds. The summed E-state index contributed by atoms with van der Waals surface area (Å²) >= 11 is 0. The van der Waals surface area contributed by atoms with Gasteiger partial charge in [-0.3, -0.25) is 14.3 Å². The number of ether oxygens (including phenoxy) is 1. The Morgan fingerprint density at radius 1 is 1.29 bits per heavy atom. The molecule has 2 N–H and O–H groups in total. The van der Waals surface area contributed by atoms with Gasteiger partial charge in [0.1, 0.15) is 5.54 Å². The van der Waals surface area contributed by atoms with Crippen LogP contribution in [0.2, 0.25) is 0 Å². The molecule has 152 valence electrons. The molecule has 0 bridgehead atoms. The van der Waals surface area contributed by atoms with E-state index >= 15 is 0 Å². The van der Waals surface area contributed by atoms with Crippen LogP contribution in [0, 0.1) is 6.92 Å². The van der Waals surface area contributed by atoms with Crippen molar-refractivity contribution in [3.63, 3.8) is 0 Å². The highest BCUT2D eigenvalue weighted by Gasteiger charge is 2.42. The molecule has 28 heavy (non-hydrogen) atoms. The van der Waals surface area contributed by atoms with Crippen molar-refractivity contribution in [2.75, 3.05) is 26.7 Å². The first-order chi connectivity index (χ1) is 13.1. The lowest BCUT2D eigenvalue weighted by Crippen LogP contribution is -2.55. The van der Waals surface area contributed by atoms with Gasteiger partial charge in [-0.25, -0.2) is 0 Å². The van der Waals surface area contributed by atoms with Crippen LogP contribution in [-0.4, -0.2) is 48.4 Å². The van der Waals surface area contributed by atoms with Gasteiger partial charge in [-0.2, -0.15) is 5.10 Å². The van der Waals surface area contributed by atoms with Crippen LogP contribution in [0.5, 0.6) is 0 Å². The number of piperidine rings is 1. The summed E-state index contributed by atoms with van der Waals surface area (Å²) in [5.41, 5.74) is 1.20. The minimum atomic E-state index is -0.733. The molecule has 0 saturated carbocycles. The molecule has 1 aliphatic rings. The highest BCUT2D eigenvalue weighted by Crippen LogP contribution is 2.27. The first-order valence-electron chi connectivity index (χ1n) is 9.20. The third-order valence-corrected chi connectivity index (χ3v) is 5.23. The number of nitrogens with zero attached hydrogens (tertiary/aromatic N) is 2. The molecule has 2 heterocycles. The summed E-state index contributed by atoms with van der Waals surface area (Å²) in [6.45, 7) is 3.66. The van der Waals surface area contributed by atoms with Crippen LogP contribution in [0.3, 0.4) is 0 Å². The van der Waals surface area contributed by atoms with E-state index in [-0.39, 0.29) is 30.8 Å². The molecular formula is C20H27ClN4O3. The van der Waals surface area contributed by atoms with Gasteiger partial charge in [0, 0.05) is 18.9 Å². The predicted octanol–water partition coefficient (Wildman–Crippen LogP) is 1.77. The SMILES string of the molecule is COC(=O)C(CNC(=O)C1(n2cccn2)CCNCC1)c1ccc(C)cc1.Cl. The van der Waals surface area contributed by atoms with E-state index in [2.05, 4.69) is 15.7 Å². The van der Waals surface area contributed by atoms with E-state index in [1.54, 1.807) is 10.9 Å². The number of aryl methyl sites for hydroxylation is 1. The number of halogens is 1. The maximum atomic E-state index is 13.2. The van der Waals surface area contributed by atoms with E-state index < -0.39 is 11.5 Å².